The molecule has 3 aromatic rings. The molecule has 2 aromatic carbocycles. The maximum atomic E-state index is 15.3. The van der Waals surface area contributed by atoms with Crippen molar-refractivity contribution >= 4 is 55.9 Å². The van der Waals surface area contributed by atoms with Crippen LogP contribution in [0.5, 0.6) is 0 Å². The highest BCUT2D eigenvalue weighted by Crippen LogP contribution is 2.32. The molecule has 0 aliphatic heterocycles. The van der Waals surface area contributed by atoms with Crippen LogP contribution in [0.1, 0.15) is 21.5 Å². The van der Waals surface area contributed by atoms with E-state index in [0.717, 1.165) is 31.4 Å². The minimum Gasteiger partial charge on any atom is -0.350 e. The lowest BCUT2D eigenvalue weighted by atomic mass is 9.99. The highest BCUT2D eigenvalue weighted by atomic mass is 127. The van der Waals surface area contributed by atoms with Crippen molar-refractivity contribution in [1.29, 1.82) is 0 Å². The first-order valence-corrected chi connectivity index (χ1v) is 13.2. The minimum absolute atomic E-state index is 0.143. The number of hydrogen-bond acceptors (Lipinski definition) is 6. The molecule has 0 saturated heterocycles. The second-order valence-electron chi connectivity index (χ2n) is 7.58. The molecule has 15 heteroatoms. The number of benzene rings is 2. The number of rotatable bonds is 11. The van der Waals surface area contributed by atoms with E-state index in [0.29, 0.717) is 3.57 Å². The zero-order valence-corrected chi connectivity index (χ0v) is 22.6. The summed E-state index contributed by atoms with van der Waals surface area (Å²) in [6, 6.07) is 6.09. The van der Waals surface area contributed by atoms with Gasteiger partial charge in [-0.25, -0.2) is 32.7 Å². The molecule has 1 heterocycles. The number of halogens is 5. The van der Waals surface area contributed by atoms with E-state index in [2.05, 4.69) is 27.7 Å². The number of hydrazine groups is 1. The van der Waals surface area contributed by atoms with Gasteiger partial charge in [-0.3, -0.25) is 14.9 Å². The molecular weight excluding hydrogens is 643 g/mol. The fourth-order valence-corrected chi connectivity index (χ4v) is 4.13. The maximum Gasteiger partial charge on any atom is 0.300 e. The first-order chi connectivity index (χ1) is 18.0. The number of amides is 1. The summed E-state index contributed by atoms with van der Waals surface area (Å²) in [5.74, 6) is -6.42. The molecule has 0 aliphatic carbocycles. The molecule has 1 amide bonds. The van der Waals surface area contributed by atoms with Gasteiger partial charge >= 0.3 is 0 Å². The number of aromatic nitrogens is 1. The van der Waals surface area contributed by atoms with Crippen molar-refractivity contribution in [3.63, 3.8) is 0 Å². The normalized spacial score (nSPS) is 11.2. The van der Waals surface area contributed by atoms with Crippen molar-refractivity contribution in [3.05, 3.63) is 92.7 Å². The summed E-state index contributed by atoms with van der Waals surface area (Å²) in [6.07, 6.45) is 1.93. The molecule has 0 atom stereocenters. The molecule has 38 heavy (non-hydrogen) atoms. The summed E-state index contributed by atoms with van der Waals surface area (Å²) in [5.41, 5.74) is 2.84. The van der Waals surface area contributed by atoms with E-state index in [-0.39, 0.29) is 17.8 Å². The van der Waals surface area contributed by atoms with Gasteiger partial charge in [-0.2, -0.15) is 8.42 Å². The van der Waals surface area contributed by atoms with Crippen LogP contribution in [0.25, 0.3) is 0 Å². The lowest BCUT2D eigenvalue weighted by Crippen LogP contribution is -2.37. The number of carbonyl (C=O) groups is 1. The fourth-order valence-electron chi connectivity index (χ4n) is 3.18. The number of anilines is 3. The Morgan fingerprint density at radius 1 is 1.08 bits per heavy atom. The Labute approximate surface area is 229 Å². The molecule has 0 saturated carbocycles. The lowest BCUT2D eigenvalue weighted by molar-refractivity contribution is 0.0935. The van der Waals surface area contributed by atoms with Crippen LogP contribution in [0.15, 0.2) is 49.2 Å². The topological polar surface area (TPSA) is 124 Å². The van der Waals surface area contributed by atoms with Crippen LogP contribution in [0.3, 0.4) is 0 Å². The number of carbonyl (C=O) groups excluding carboxylic acids is 1. The van der Waals surface area contributed by atoms with Gasteiger partial charge in [0.15, 0.2) is 23.3 Å². The van der Waals surface area contributed by atoms with Gasteiger partial charge in [0.1, 0.15) is 5.82 Å². The lowest BCUT2D eigenvalue weighted by Gasteiger charge is -2.17. The number of nitrogens with one attached hydrogen (secondary N) is 5. The second kappa shape index (κ2) is 12.5. The Bertz CT molecular complexity index is 1490. The van der Waals surface area contributed by atoms with Crippen molar-refractivity contribution in [2.24, 2.45) is 0 Å². The summed E-state index contributed by atoms with van der Waals surface area (Å²) in [7, 11) is -3.02. The standard InChI is InChI=1S/C23H21F4IN6O3S/c1-3-7-31-33-23(35)15-10-13(9-12-6-8-30-22(19(12)26)34-38(36,37)29-2)18(25)20(27)21(15)32-17-5-4-14(28)11-16(17)24/h3-6,8,10-11,29,31-32H,1,7,9H2,2H3,(H,30,34)(H,33,35). The summed E-state index contributed by atoms with van der Waals surface area (Å²) >= 11 is 1.87. The van der Waals surface area contributed by atoms with Gasteiger partial charge in [0.25, 0.3) is 16.1 Å². The Balaban J connectivity index is 2.07. The zero-order valence-electron chi connectivity index (χ0n) is 19.6. The van der Waals surface area contributed by atoms with Gasteiger partial charge in [-0.05, 0) is 64.0 Å². The van der Waals surface area contributed by atoms with E-state index < -0.39 is 68.4 Å². The quantitative estimate of drug-likeness (QED) is 0.0698. The largest absolute Gasteiger partial charge is 0.350 e. The van der Waals surface area contributed by atoms with E-state index in [9.17, 15) is 22.0 Å². The molecule has 0 fully saturated rings. The highest BCUT2D eigenvalue weighted by Gasteiger charge is 2.25. The zero-order chi connectivity index (χ0) is 28.0. The van der Waals surface area contributed by atoms with Crippen molar-refractivity contribution in [1.82, 2.24) is 20.6 Å². The van der Waals surface area contributed by atoms with Crippen LogP contribution in [-0.2, 0) is 16.6 Å². The average molecular weight is 664 g/mol. The Morgan fingerprint density at radius 2 is 1.82 bits per heavy atom. The summed E-state index contributed by atoms with van der Waals surface area (Å²) in [4.78, 5) is 16.5. The summed E-state index contributed by atoms with van der Waals surface area (Å²) < 4.78 is 87.7. The summed E-state index contributed by atoms with van der Waals surface area (Å²) in [5, 5.41) is 2.42. The molecular formula is C23H21F4IN6O3S. The molecule has 5 N–H and O–H groups in total. The summed E-state index contributed by atoms with van der Waals surface area (Å²) in [6.45, 7) is 3.63. The molecule has 0 bridgehead atoms. The van der Waals surface area contributed by atoms with Gasteiger partial charge < -0.3 is 5.32 Å². The molecule has 0 aliphatic rings. The van der Waals surface area contributed by atoms with Crippen LogP contribution in [0, 0.1) is 26.8 Å². The van der Waals surface area contributed by atoms with Gasteiger partial charge in [0, 0.05) is 29.8 Å². The molecule has 0 unspecified atom stereocenters. The first kappa shape index (κ1) is 29.3. The SMILES string of the molecule is C=CCNNC(=O)c1cc(Cc2ccnc(NS(=O)(=O)NC)c2F)c(F)c(F)c1Nc1ccc(I)cc1F. The first-order valence-electron chi connectivity index (χ1n) is 10.7. The molecule has 0 spiro atoms. The van der Waals surface area contributed by atoms with Crippen molar-refractivity contribution in [2.45, 2.75) is 6.42 Å². The number of nitrogens with zero attached hydrogens (tertiary/aromatic N) is 1. The molecule has 0 radical (unpaired) electrons. The Kier molecular flexibility index (Phi) is 9.64. The van der Waals surface area contributed by atoms with Gasteiger partial charge in [0.05, 0.1) is 16.9 Å². The smallest absolute Gasteiger partial charge is 0.300 e. The Morgan fingerprint density at radius 3 is 2.47 bits per heavy atom. The van der Waals surface area contributed by atoms with E-state index in [1.54, 1.807) is 0 Å². The van der Waals surface area contributed by atoms with Crippen LogP contribution in [0.4, 0.5) is 34.8 Å². The van der Waals surface area contributed by atoms with E-state index in [1.807, 2.05) is 32.0 Å². The van der Waals surface area contributed by atoms with E-state index >= 15 is 8.78 Å². The van der Waals surface area contributed by atoms with Crippen molar-refractivity contribution < 1.29 is 30.8 Å². The Hall–Kier alpha value is -3.28. The number of pyridine rings is 1. The van der Waals surface area contributed by atoms with Gasteiger partial charge in [0.2, 0.25) is 0 Å². The van der Waals surface area contributed by atoms with Crippen LogP contribution in [-0.4, -0.2) is 32.9 Å². The predicted molar refractivity (Wildman–Crippen MR) is 143 cm³/mol. The highest BCUT2D eigenvalue weighted by molar-refractivity contribution is 14.1. The molecule has 202 valence electrons. The number of hydrogen-bond donors (Lipinski definition) is 5. The van der Waals surface area contributed by atoms with Crippen LogP contribution >= 0.6 is 22.6 Å². The van der Waals surface area contributed by atoms with Crippen molar-refractivity contribution in [3.8, 4) is 0 Å². The third-order valence-corrected chi connectivity index (χ3v) is 6.69. The molecule has 9 nitrogen and oxygen atoms in total. The maximum absolute atomic E-state index is 15.3. The average Bonchev–Trinajstić information content (AvgIpc) is 2.87. The van der Waals surface area contributed by atoms with E-state index in [4.69, 9.17) is 0 Å². The monoisotopic (exact) mass is 664 g/mol. The van der Waals surface area contributed by atoms with Crippen LogP contribution < -0.4 is 25.6 Å². The van der Waals surface area contributed by atoms with Crippen LogP contribution in [0.2, 0.25) is 0 Å². The van der Waals surface area contributed by atoms with Gasteiger partial charge in [-0.15, -0.1) is 6.58 Å². The molecule has 3 rings (SSSR count). The van der Waals surface area contributed by atoms with Crippen molar-refractivity contribution in [2.75, 3.05) is 23.6 Å². The third-order valence-electron chi connectivity index (χ3n) is 5.02. The third kappa shape index (κ3) is 6.97. The predicted octanol–water partition coefficient (Wildman–Crippen LogP) is 3.87. The second-order valence-corrected chi connectivity index (χ2v) is 10.4. The molecule has 1 aromatic heterocycles. The van der Waals surface area contributed by atoms with Gasteiger partial charge in [-0.1, -0.05) is 6.08 Å². The minimum atomic E-state index is -4.11. The fraction of sp³-hybridized carbons (Fsp3) is 0.130. The van der Waals surface area contributed by atoms with E-state index in [1.165, 1.54) is 18.2 Å².